The van der Waals surface area contributed by atoms with Crippen LogP contribution in [0.15, 0.2) is 30.5 Å². The Kier molecular flexibility index (Phi) is 5.77. The number of carbonyl (C=O) groups is 2. The lowest BCUT2D eigenvalue weighted by Gasteiger charge is -2.34. The normalized spacial score (nSPS) is 13.6. The fourth-order valence-electron chi connectivity index (χ4n) is 1.99. The maximum absolute atomic E-state index is 13.8. The molecule has 1 atom stereocenters. The second kappa shape index (κ2) is 7.50. The zero-order chi connectivity index (χ0) is 19.5. The van der Waals surface area contributed by atoms with Gasteiger partial charge < -0.3 is 15.4 Å². The van der Waals surface area contributed by atoms with Crippen molar-refractivity contribution in [3.8, 4) is 0 Å². The number of thiazole rings is 1. The summed E-state index contributed by atoms with van der Waals surface area (Å²) in [5.74, 6) is -2.91. The number of aromatic nitrogens is 1. The van der Waals surface area contributed by atoms with E-state index < -0.39 is 23.7 Å². The van der Waals surface area contributed by atoms with Crippen molar-refractivity contribution in [3.63, 3.8) is 0 Å². The van der Waals surface area contributed by atoms with Crippen LogP contribution < -0.4 is 10.6 Å². The molecule has 0 unspecified atom stereocenters. The lowest BCUT2D eigenvalue weighted by molar-refractivity contribution is -0.203. The minimum atomic E-state index is -5.23. The van der Waals surface area contributed by atoms with E-state index in [9.17, 15) is 22.8 Å². The lowest BCUT2D eigenvalue weighted by Crippen LogP contribution is -2.69. The highest BCUT2D eigenvalue weighted by Gasteiger charge is 2.64. The van der Waals surface area contributed by atoms with Crippen molar-refractivity contribution in [1.82, 2.24) is 10.3 Å². The molecule has 0 saturated heterocycles. The third kappa shape index (κ3) is 4.07. The largest absolute Gasteiger partial charge is 0.466 e. The first kappa shape index (κ1) is 20.0. The van der Waals surface area contributed by atoms with Gasteiger partial charge in [0.15, 0.2) is 5.13 Å². The number of alkyl halides is 3. The second-order valence-electron chi connectivity index (χ2n) is 5.10. The van der Waals surface area contributed by atoms with Crippen LogP contribution in [0.1, 0.15) is 15.2 Å². The number of esters is 1. The average molecular weight is 408 g/mol. The molecule has 2 rings (SSSR count). The van der Waals surface area contributed by atoms with Gasteiger partial charge in [-0.25, -0.2) is 9.78 Å². The Morgan fingerprint density at radius 2 is 2.00 bits per heavy atom. The van der Waals surface area contributed by atoms with Gasteiger partial charge >= 0.3 is 17.8 Å². The Balaban J connectivity index is 2.47. The van der Waals surface area contributed by atoms with E-state index in [0.717, 1.165) is 18.4 Å². The summed E-state index contributed by atoms with van der Waals surface area (Å²) in [6.07, 6.45) is -3.90. The fraction of sp³-hybridized carbons (Fsp3) is 0.267. The van der Waals surface area contributed by atoms with Crippen LogP contribution in [0.25, 0.3) is 0 Å². The first-order chi connectivity index (χ1) is 12.1. The highest BCUT2D eigenvalue weighted by molar-refractivity contribution is 7.15. The summed E-state index contributed by atoms with van der Waals surface area (Å²) in [6, 6.07) is 5.27. The van der Waals surface area contributed by atoms with E-state index in [0.29, 0.717) is 4.88 Å². The number of nitrogens with one attached hydrogen (secondary N) is 2. The summed E-state index contributed by atoms with van der Waals surface area (Å²) >= 11 is 6.64. The number of benzene rings is 1. The van der Waals surface area contributed by atoms with E-state index >= 15 is 0 Å². The van der Waals surface area contributed by atoms with Crippen molar-refractivity contribution >= 4 is 39.9 Å². The first-order valence-corrected chi connectivity index (χ1v) is 8.22. The van der Waals surface area contributed by atoms with Crippen molar-refractivity contribution < 1.29 is 27.5 Å². The zero-order valence-electron chi connectivity index (χ0n) is 13.5. The molecule has 1 amide bonds. The molecule has 0 saturated carbocycles. The summed E-state index contributed by atoms with van der Waals surface area (Å²) in [5.41, 5.74) is -3.68. The zero-order valence-corrected chi connectivity index (χ0v) is 15.1. The fourth-order valence-corrected chi connectivity index (χ4v) is 2.90. The number of amides is 1. The van der Waals surface area contributed by atoms with Gasteiger partial charge in [0.05, 0.1) is 7.11 Å². The lowest BCUT2D eigenvalue weighted by atomic mass is 10.1. The van der Waals surface area contributed by atoms with Crippen LogP contribution in [0.3, 0.4) is 0 Å². The minimum Gasteiger partial charge on any atom is -0.466 e. The quantitative estimate of drug-likeness (QED) is 0.586. The van der Waals surface area contributed by atoms with Gasteiger partial charge in [-0.15, -0.1) is 11.3 Å². The van der Waals surface area contributed by atoms with Gasteiger partial charge in [-0.3, -0.25) is 4.79 Å². The first-order valence-electron chi connectivity index (χ1n) is 7.03. The van der Waals surface area contributed by atoms with Crippen molar-refractivity contribution in [3.05, 3.63) is 45.9 Å². The monoisotopic (exact) mass is 407 g/mol. The third-order valence-electron chi connectivity index (χ3n) is 3.22. The van der Waals surface area contributed by atoms with Crippen molar-refractivity contribution in [1.29, 1.82) is 0 Å². The molecule has 0 fully saturated rings. The number of hydrogen-bond donors (Lipinski definition) is 2. The number of rotatable bonds is 5. The molecule has 0 spiro atoms. The number of nitrogens with zero attached hydrogens (tertiary/aromatic N) is 1. The molecule has 0 radical (unpaired) electrons. The molecular weight excluding hydrogens is 395 g/mol. The van der Waals surface area contributed by atoms with Gasteiger partial charge in [-0.1, -0.05) is 17.7 Å². The summed E-state index contributed by atoms with van der Waals surface area (Å²) in [5, 5.41) is 3.58. The Morgan fingerprint density at radius 1 is 1.31 bits per heavy atom. The summed E-state index contributed by atoms with van der Waals surface area (Å²) < 4.78 is 45.8. The Bertz CT molecular complexity index is 828. The van der Waals surface area contributed by atoms with E-state index in [2.05, 4.69) is 9.72 Å². The van der Waals surface area contributed by atoms with E-state index in [4.69, 9.17) is 11.6 Å². The standard InChI is InChI=1S/C15H13ClF3N3O3S/c1-8-7-20-13(26-8)22-14(12(24)25-2,15(17,18)19)21-11(23)9-4-3-5-10(16)6-9/h3-7H,1-2H3,(H,20,22)(H,21,23)/t14-/m0/s1. The molecule has 1 aromatic heterocycles. The van der Waals surface area contributed by atoms with Gasteiger partial charge in [-0.2, -0.15) is 13.2 Å². The van der Waals surface area contributed by atoms with Gasteiger partial charge in [0.1, 0.15) is 0 Å². The van der Waals surface area contributed by atoms with Crippen LogP contribution in [0.4, 0.5) is 18.3 Å². The van der Waals surface area contributed by atoms with Crippen LogP contribution >= 0.6 is 22.9 Å². The Hall–Kier alpha value is -2.33. The van der Waals surface area contributed by atoms with Crippen LogP contribution in [0.2, 0.25) is 5.02 Å². The highest BCUT2D eigenvalue weighted by Crippen LogP contribution is 2.34. The highest BCUT2D eigenvalue weighted by atomic mass is 35.5. The molecule has 2 N–H and O–H groups in total. The van der Waals surface area contributed by atoms with E-state index in [1.165, 1.54) is 30.5 Å². The predicted octanol–water partition coefficient (Wildman–Crippen LogP) is 3.38. The van der Waals surface area contributed by atoms with Gasteiger partial charge in [0, 0.05) is 21.7 Å². The molecule has 0 aliphatic carbocycles. The molecule has 0 bridgehead atoms. The van der Waals surface area contributed by atoms with Crippen LogP contribution in [-0.2, 0) is 9.53 Å². The molecule has 2 aromatic rings. The molecule has 6 nitrogen and oxygen atoms in total. The van der Waals surface area contributed by atoms with E-state index in [1.807, 2.05) is 5.32 Å². The number of anilines is 1. The predicted molar refractivity (Wildman–Crippen MR) is 90.2 cm³/mol. The molecule has 1 heterocycles. The molecular formula is C15H13ClF3N3O3S. The van der Waals surface area contributed by atoms with E-state index in [-0.39, 0.29) is 15.7 Å². The summed E-state index contributed by atoms with van der Waals surface area (Å²) in [6.45, 7) is 1.63. The Labute approximate surface area is 155 Å². The van der Waals surface area contributed by atoms with Crippen LogP contribution in [0.5, 0.6) is 0 Å². The van der Waals surface area contributed by atoms with Gasteiger partial charge in [0.25, 0.3) is 5.91 Å². The average Bonchev–Trinajstić information content (AvgIpc) is 2.97. The maximum atomic E-state index is 13.8. The summed E-state index contributed by atoms with van der Waals surface area (Å²) in [7, 11) is 0.781. The third-order valence-corrected chi connectivity index (χ3v) is 4.28. The number of halogens is 4. The Morgan fingerprint density at radius 3 is 2.50 bits per heavy atom. The van der Waals surface area contributed by atoms with Crippen molar-refractivity contribution in [2.45, 2.75) is 18.8 Å². The molecule has 1 aromatic carbocycles. The minimum absolute atomic E-state index is 0.150. The molecule has 140 valence electrons. The maximum Gasteiger partial charge on any atom is 0.442 e. The molecule has 0 aliphatic heterocycles. The number of aryl methyl sites for hydroxylation is 1. The molecule has 0 aliphatic rings. The number of ether oxygens (including phenoxy) is 1. The number of hydrogen-bond acceptors (Lipinski definition) is 6. The topological polar surface area (TPSA) is 80.3 Å². The number of carbonyl (C=O) groups excluding carboxylic acids is 2. The smallest absolute Gasteiger partial charge is 0.442 e. The summed E-state index contributed by atoms with van der Waals surface area (Å²) in [4.78, 5) is 28.8. The molecule has 11 heteroatoms. The van der Waals surface area contributed by atoms with Crippen LogP contribution in [0, 0.1) is 6.92 Å². The van der Waals surface area contributed by atoms with E-state index in [1.54, 1.807) is 12.2 Å². The van der Waals surface area contributed by atoms with Crippen LogP contribution in [-0.4, -0.2) is 35.8 Å². The SMILES string of the molecule is COC(=O)[C@](NC(=O)c1cccc(Cl)c1)(Nc1ncc(C)s1)C(F)(F)F. The second-order valence-corrected chi connectivity index (χ2v) is 6.78. The number of methoxy groups -OCH3 is 1. The van der Waals surface area contributed by atoms with Gasteiger partial charge in [-0.05, 0) is 25.1 Å². The van der Waals surface area contributed by atoms with Crippen molar-refractivity contribution in [2.24, 2.45) is 0 Å². The molecule has 26 heavy (non-hydrogen) atoms. The van der Waals surface area contributed by atoms with Gasteiger partial charge in [0.2, 0.25) is 0 Å². The van der Waals surface area contributed by atoms with Crippen molar-refractivity contribution in [2.75, 3.05) is 12.4 Å².